The molecule has 0 aliphatic carbocycles. The summed E-state index contributed by atoms with van der Waals surface area (Å²) < 4.78 is 0. The monoisotopic (exact) mass is 261 g/mol. The van der Waals surface area contributed by atoms with E-state index in [1.165, 1.54) is 33.6 Å². The second-order valence-corrected chi connectivity index (χ2v) is 5.34. The van der Waals surface area contributed by atoms with Gasteiger partial charge in [0.05, 0.1) is 0 Å². The van der Waals surface area contributed by atoms with Gasteiger partial charge in [0.2, 0.25) is 0 Å². The number of aromatic carboxylic acids is 1. The molecule has 0 unspecified atom stereocenters. The number of benzene rings is 1. The molecule has 0 atom stereocenters. The second kappa shape index (κ2) is 4.53. The van der Waals surface area contributed by atoms with Gasteiger partial charge in [-0.25, -0.2) is 9.78 Å². The minimum absolute atomic E-state index is 0.118. The molecule has 0 amide bonds. The Hall–Kier alpha value is -1.68. The fourth-order valence-corrected chi connectivity index (χ4v) is 2.98. The first-order chi connectivity index (χ1) is 8.41. The van der Waals surface area contributed by atoms with Gasteiger partial charge in [-0.15, -0.1) is 11.3 Å². The third kappa shape index (κ3) is 2.04. The quantitative estimate of drug-likeness (QED) is 0.895. The molecule has 0 spiro atoms. The van der Waals surface area contributed by atoms with Crippen molar-refractivity contribution in [3.63, 3.8) is 0 Å². The summed E-state index contributed by atoms with van der Waals surface area (Å²) in [6, 6.07) is 2.15. The largest absolute Gasteiger partial charge is 0.476 e. The van der Waals surface area contributed by atoms with Gasteiger partial charge >= 0.3 is 5.97 Å². The zero-order valence-corrected chi connectivity index (χ0v) is 11.7. The molecule has 4 heteroatoms. The number of rotatable bonds is 2. The van der Waals surface area contributed by atoms with Crippen molar-refractivity contribution in [1.29, 1.82) is 0 Å². The Balaban J connectivity index is 2.66. The average Bonchev–Trinajstić information content (AvgIpc) is 2.76. The zero-order chi connectivity index (χ0) is 13.4. The Morgan fingerprint density at radius 2 is 1.72 bits per heavy atom. The molecule has 0 aliphatic heterocycles. The van der Waals surface area contributed by atoms with Gasteiger partial charge in [0.15, 0.2) is 5.69 Å². The molecule has 2 aromatic rings. The van der Waals surface area contributed by atoms with E-state index in [9.17, 15) is 4.79 Å². The number of aryl methyl sites for hydroxylation is 2. The number of hydrogen-bond donors (Lipinski definition) is 1. The lowest BCUT2D eigenvalue weighted by Gasteiger charge is -2.13. The number of hydrogen-bond acceptors (Lipinski definition) is 3. The summed E-state index contributed by atoms with van der Waals surface area (Å²) in [7, 11) is 0. The van der Waals surface area contributed by atoms with Crippen LogP contribution in [0, 0.1) is 27.7 Å². The summed E-state index contributed by atoms with van der Waals surface area (Å²) in [4.78, 5) is 15.1. The van der Waals surface area contributed by atoms with Crippen LogP contribution in [0.2, 0.25) is 0 Å². The predicted octanol–water partition coefficient (Wildman–Crippen LogP) is 3.74. The highest BCUT2D eigenvalue weighted by Gasteiger charge is 2.15. The number of carbonyl (C=O) groups is 1. The van der Waals surface area contributed by atoms with E-state index < -0.39 is 5.97 Å². The summed E-state index contributed by atoms with van der Waals surface area (Å²) in [6.07, 6.45) is 0. The van der Waals surface area contributed by atoms with Crippen LogP contribution in [0.5, 0.6) is 0 Å². The molecule has 1 aromatic heterocycles. The molecule has 1 N–H and O–H groups in total. The molecule has 0 aliphatic rings. The molecule has 1 aromatic carbocycles. The molecule has 0 radical (unpaired) electrons. The van der Waals surface area contributed by atoms with Crippen molar-refractivity contribution in [3.8, 4) is 10.6 Å². The molecule has 94 valence electrons. The SMILES string of the molecule is Cc1cc(C)c(C)c(-c2nc(C(=O)O)cs2)c1C. The van der Waals surface area contributed by atoms with Crippen LogP contribution in [0.15, 0.2) is 11.4 Å². The minimum Gasteiger partial charge on any atom is -0.476 e. The maximum Gasteiger partial charge on any atom is 0.355 e. The first-order valence-electron chi connectivity index (χ1n) is 5.68. The van der Waals surface area contributed by atoms with Crippen LogP contribution in [0.4, 0.5) is 0 Å². The Morgan fingerprint density at radius 3 is 2.17 bits per heavy atom. The zero-order valence-electron chi connectivity index (χ0n) is 10.9. The van der Waals surface area contributed by atoms with Gasteiger partial charge in [0.25, 0.3) is 0 Å². The summed E-state index contributed by atoms with van der Waals surface area (Å²) in [5.41, 5.74) is 5.95. The molecule has 2 rings (SSSR count). The van der Waals surface area contributed by atoms with E-state index in [-0.39, 0.29) is 5.69 Å². The van der Waals surface area contributed by atoms with Gasteiger partial charge in [0, 0.05) is 10.9 Å². The molecular formula is C14H15NO2S. The van der Waals surface area contributed by atoms with E-state index in [0.717, 1.165) is 10.6 Å². The van der Waals surface area contributed by atoms with Gasteiger partial charge in [-0.05, 0) is 49.9 Å². The molecule has 0 saturated carbocycles. The van der Waals surface area contributed by atoms with Crippen LogP contribution < -0.4 is 0 Å². The Morgan fingerprint density at radius 1 is 1.17 bits per heavy atom. The van der Waals surface area contributed by atoms with Crippen LogP contribution >= 0.6 is 11.3 Å². The molecule has 1 heterocycles. The van der Waals surface area contributed by atoms with Crippen LogP contribution in [-0.2, 0) is 0 Å². The fourth-order valence-electron chi connectivity index (χ4n) is 2.02. The predicted molar refractivity (Wildman–Crippen MR) is 73.5 cm³/mol. The van der Waals surface area contributed by atoms with E-state index in [1.54, 1.807) is 5.38 Å². The van der Waals surface area contributed by atoms with Crippen molar-refractivity contribution in [2.24, 2.45) is 0 Å². The molecule has 0 bridgehead atoms. The number of carboxylic acid groups (broad SMARTS) is 1. The Labute approximate surface area is 110 Å². The number of aromatic nitrogens is 1. The average molecular weight is 261 g/mol. The van der Waals surface area contributed by atoms with E-state index in [0.29, 0.717) is 0 Å². The Bertz CT molecular complexity index is 603. The van der Waals surface area contributed by atoms with Crippen LogP contribution in [0.1, 0.15) is 32.7 Å². The number of thiazole rings is 1. The lowest BCUT2D eigenvalue weighted by Crippen LogP contribution is -1.98. The lowest BCUT2D eigenvalue weighted by atomic mass is 9.95. The normalized spacial score (nSPS) is 10.7. The van der Waals surface area contributed by atoms with E-state index in [1.807, 2.05) is 0 Å². The first kappa shape index (κ1) is 12.8. The molecule has 18 heavy (non-hydrogen) atoms. The van der Waals surface area contributed by atoms with Gasteiger partial charge in [-0.1, -0.05) is 6.07 Å². The highest BCUT2D eigenvalue weighted by molar-refractivity contribution is 7.13. The molecular weight excluding hydrogens is 246 g/mol. The maximum absolute atomic E-state index is 10.9. The first-order valence-corrected chi connectivity index (χ1v) is 6.56. The maximum atomic E-state index is 10.9. The van der Waals surface area contributed by atoms with E-state index in [4.69, 9.17) is 5.11 Å². The van der Waals surface area contributed by atoms with Gasteiger partial charge in [-0.2, -0.15) is 0 Å². The summed E-state index contributed by atoms with van der Waals surface area (Å²) in [5.74, 6) is -0.975. The van der Waals surface area contributed by atoms with Crippen molar-refractivity contribution in [1.82, 2.24) is 4.98 Å². The van der Waals surface area contributed by atoms with Crippen molar-refractivity contribution >= 4 is 17.3 Å². The Kier molecular flexibility index (Phi) is 3.22. The highest BCUT2D eigenvalue weighted by Crippen LogP contribution is 2.33. The lowest BCUT2D eigenvalue weighted by molar-refractivity contribution is 0.0691. The third-order valence-electron chi connectivity index (χ3n) is 3.30. The molecule has 3 nitrogen and oxygen atoms in total. The van der Waals surface area contributed by atoms with Gasteiger partial charge in [-0.3, -0.25) is 0 Å². The summed E-state index contributed by atoms with van der Waals surface area (Å²) >= 11 is 1.38. The van der Waals surface area contributed by atoms with E-state index >= 15 is 0 Å². The van der Waals surface area contributed by atoms with E-state index in [2.05, 4.69) is 38.7 Å². The number of carboxylic acids is 1. The minimum atomic E-state index is -0.975. The topological polar surface area (TPSA) is 50.2 Å². The van der Waals surface area contributed by atoms with Gasteiger partial charge in [0.1, 0.15) is 5.01 Å². The smallest absolute Gasteiger partial charge is 0.355 e. The van der Waals surface area contributed by atoms with Crippen LogP contribution in [0.3, 0.4) is 0 Å². The van der Waals surface area contributed by atoms with Crippen molar-refractivity contribution in [2.75, 3.05) is 0 Å². The number of nitrogens with zero attached hydrogens (tertiary/aromatic N) is 1. The van der Waals surface area contributed by atoms with Crippen LogP contribution in [0.25, 0.3) is 10.6 Å². The standard InChI is InChI=1S/C14H15NO2S/c1-7-5-8(2)10(4)12(9(7)3)13-15-11(6-18-13)14(16)17/h5-6H,1-4H3,(H,16,17). The molecule has 0 fully saturated rings. The third-order valence-corrected chi connectivity index (χ3v) is 4.16. The second-order valence-electron chi connectivity index (χ2n) is 4.48. The fraction of sp³-hybridized carbons (Fsp3) is 0.286. The summed E-state index contributed by atoms with van der Waals surface area (Å²) in [6.45, 7) is 8.24. The van der Waals surface area contributed by atoms with Gasteiger partial charge < -0.3 is 5.11 Å². The van der Waals surface area contributed by atoms with Crippen molar-refractivity contribution in [2.45, 2.75) is 27.7 Å². The highest BCUT2D eigenvalue weighted by atomic mass is 32.1. The van der Waals surface area contributed by atoms with Crippen LogP contribution in [-0.4, -0.2) is 16.1 Å². The summed E-state index contributed by atoms with van der Waals surface area (Å²) in [5, 5.41) is 11.3. The molecule has 0 saturated heterocycles. The van der Waals surface area contributed by atoms with Crippen molar-refractivity contribution < 1.29 is 9.90 Å². The van der Waals surface area contributed by atoms with Crippen molar-refractivity contribution in [3.05, 3.63) is 39.4 Å².